The third-order valence-electron chi connectivity index (χ3n) is 1.31. The molecule has 0 aliphatic rings. The number of hydrogen-bond donors (Lipinski definition) is 0. The van der Waals surface area contributed by atoms with Gasteiger partial charge in [0.2, 0.25) is 0 Å². The van der Waals surface area contributed by atoms with Gasteiger partial charge in [0.15, 0.2) is 0 Å². The van der Waals surface area contributed by atoms with Gasteiger partial charge in [0.05, 0.1) is 0 Å². The fourth-order valence-corrected chi connectivity index (χ4v) is 3.00. The summed E-state index contributed by atoms with van der Waals surface area (Å²) in [4.78, 5) is -1.53. The molecule has 0 atom stereocenters. The molecule has 0 saturated carbocycles. The summed E-state index contributed by atoms with van der Waals surface area (Å²) in [5.74, 6) is 0. The second kappa shape index (κ2) is 6.19. The first kappa shape index (κ1) is 13.6. The molecule has 1 rings (SSSR count). The Morgan fingerprint density at radius 3 is 2.08 bits per heavy atom. The molecule has 0 aliphatic carbocycles. The summed E-state index contributed by atoms with van der Waals surface area (Å²) >= 11 is 6.11. The second-order valence-corrected chi connectivity index (χ2v) is 13.9. The van der Waals surface area contributed by atoms with Crippen LogP contribution >= 0.6 is 4.87 Å². The maximum atomic E-state index is 5.32. The summed E-state index contributed by atoms with van der Waals surface area (Å²) in [6.45, 7) is 0. The maximum Gasteiger partial charge on any atom is 1.00 e. The van der Waals surface area contributed by atoms with Gasteiger partial charge in [-0.15, -0.1) is 0 Å². The van der Waals surface area contributed by atoms with E-state index in [4.69, 9.17) is 4.52 Å². The van der Waals surface area contributed by atoms with E-state index < -0.39 is 4.87 Å². The molecule has 0 amide bonds. The molecule has 0 heterocycles. The SMILES string of the molecule is CO[P+]([Se-])([Se-])c1ccccc1.[Na+]. The van der Waals surface area contributed by atoms with Crippen molar-refractivity contribution >= 4 is 41.3 Å². The van der Waals surface area contributed by atoms with Crippen molar-refractivity contribution in [3.8, 4) is 0 Å². The fraction of sp³-hybridized carbons (Fsp3) is 0.143. The molecular weight excluding hydrogens is 312 g/mol. The van der Waals surface area contributed by atoms with Crippen molar-refractivity contribution in [2.45, 2.75) is 0 Å². The van der Waals surface area contributed by atoms with Crippen LogP contribution in [0.4, 0.5) is 0 Å². The average molecular weight is 320 g/mol. The van der Waals surface area contributed by atoms with Gasteiger partial charge >= 0.3 is 113 Å². The molecule has 12 heavy (non-hydrogen) atoms. The van der Waals surface area contributed by atoms with E-state index in [2.05, 4.69) is 43.3 Å². The van der Waals surface area contributed by atoms with Gasteiger partial charge in [-0.05, 0) is 0 Å². The first-order valence-electron chi connectivity index (χ1n) is 3.09. The van der Waals surface area contributed by atoms with Crippen LogP contribution in [0.15, 0.2) is 30.3 Å². The fourth-order valence-electron chi connectivity index (χ4n) is 0.716. The molecule has 0 unspecified atom stereocenters. The molecule has 0 spiro atoms. The molecule has 0 aliphatic heterocycles. The maximum absolute atomic E-state index is 5.32. The van der Waals surface area contributed by atoms with E-state index in [1.54, 1.807) is 7.11 Å². The topological polar surface area (TPSA) is 9.23 Å². The van der Waals surface area contributed by atoms with Crippen LogP contribution in [0, 0.1) is 0 Å². The van der Waals surface area contributed by atoms with Crippen LogP contribution in [0.3, 0.4) is 0 Å². The molecule has 0 aromatic heterocycles. The summed E-state index contributed by atoms with van der Waals surface area (Å²) in [5.41, 5.74) is 0. The van der Waals surface area contributed by atoms with E-state index in [0.717, 1.165) is 0 Å². The molecule has 0 bridgehead atoms. The zero-order valence-electron chi connectivity index (χ0n) is 7.06. The summed E-state index contributed by atoms with van der Waals surface area (Å²) in [6, 6.07) is 10.1. The number of benzene rings is 1. The number of hydrogen-bond acceptors (Lipinski definition) is 1. The molecule has 60 valence electrons. The van der Waals surface area contributed by atoms with Crippen molar-refractivity contribution in [3.05, 3.63) is 30.3 Å². The van der Waals surface area contributed by atoms with E-state index in [1.807, 2.05) is 18.2 Å². The summed E-state index contributed by atoms with van der Waals surface area (Å²) in [7, 11) is 1.72. The van der Waals surface area contributed by atoms with Gasteiger partial charge in [0, 0.05) is 0 Å². The Hall–Kier alpha value is 1.65. The van der Waals surface area contributed by atoms with Crippen molar-refractivity contribution in [1.29, 1.82) is 0 Å². The molecule has 0 fully saturated rings. The van der Waals surface area contributed by atoms with Crippen molar-refractivity contribution in [2.75, 3.05) is 7.11 Å². The molecule has 0 radical (unpaired) electrons. The zero-order chi connectivity index (χ0) is 8.32. The molecule has 5 heteroatoms. The van der Waals surface area contributed by atoms with Crippen molar-refractivity contribution in [2.24, 2.45) is 0 Å². The smallest absolute Gasteiger partial charge is 1.00 e. The standard InChI is InChI=1S/C7H9OPSe2.Na/c1-8-9(10,11)7-5-3-2-4-6-7;/h2-6H,1H3,(H,10,11);/q;+1/p-1. The largest absolute Gasteiger partial charge is 1.00 e. The third kappa shape index (κ3) is 3.80. The minimum Gasteiger partial charge on any atom is 1.00 e. The number of rotatable bonds is 2. The van der Waals surface area contributed by atoms with Gasteiger partial charge in [-0.1, -0.05) is 0 Å². The van der Waals surface area contributed by atoms with Gasteiger partial charge in [-0.25, -0.2) is 0 Å². The monoisotopic (exact) mass is 322 g/mol. The van der Waals surface area contributed by atoms with Gasteiger partial charge in [0.1, 0.15) is 0 Å². The Kier molecular flexibility index (Phi) is 7.04. The minimum absolute atomic E-state index is 0. The molecule has 1 aromatic carbocycles. The molecule has 1 nitrogen and oxygen atoms in total. The van der Waals surface area contributed by atoms with Gasteiger partial charge in [0.25, 0.3) is 0 Å². The van der Waals surface area contributed by atoms with E-state index in [1.165, 1.54) is 5.30 Å². The Balaban J connectivity index is 0.00000121. The van der Waals surface area contributed by atoms with Crippen LogP contribution in [0.2, 0.25) is 0 Å². The molecule has 0 N–H and O–H groups in total. The van der Waals surface area contributed by atoms with Gasteiger partial charge < -0.3 is 0 Å². The van der Waals surface area contributed by atoms with Crippen LogP contribution in [-0.4, -0.2) is 38.3 Å². The summed E-state index contributed by atoms with van der Waals surface area (Å²) in [5, 5.41) is 1.21. The quantitative estimate of drug-likeness (QED) is 0.455. The normalized spacial score (nSPS) is 10.6. The molecule has 1 aromatic rings. The Morgan fingerprint density at radius 1 is 1.17 bits per heavy atom. The predicted octanol–water partition coefficient (Wildman–Crippen LogP) is -1.94. The average Bonchev–Trinajstić information content (AvgIpc) is 2.06. The van der Waals surface area contributed by atoms with E-state index in [9.17, 15) is 0 Å². The van der Waals surface area contributed by atoms with Crippen molar-refractivity contribution < 1.29 is 34.1 Å². The summed E-state index contributed by atoms with van der Waals surface area (Å²) < 4.78 is 5.32. The molecular formula is C7H8NaOPSe2. The van der Waals surface area contributed by atoms with Crippen LogP contribution in [0.5, 0.6) is 0 Å². The van der Waals surface area contributed by atoms with E-state index >= 15 is 0 Å². The molecule has 0 saturated heterocycles. The van der Waals surface area contributed by atoms with Crippen molar-refractivity contribution in [1.82, 2.24) is 0 Å². The van der Waals surface area contributed by atoms with Crippen molar-refractivity contribution in [3.63, 3.8) is 0 Å². The zero-order valence-corrected chi connectivity index (χ0v) is 13.4. The van der Waals surface area contributed by atoms with Crippen LogP contribution < -0.4 is 34.9 Å². The van der Waals surface area contributed by atoms with Gasteiger partial charge in [-0.3, -0.25) is 0 Å². The van der Waals surface area contributed by atoms with E-state index in [-0.39, 0.29) is 29.6 Å². The van der Waals surface area contributed by atoms with E-state index in [0.29, 0.717) is 0 Å². The first-order chi connectivity index (χ1) is 5.17. The Morgan fingerprint density at radius 2 is 1.67 bits per heavy atom. The first-order valence-corrected chi connectivity index (χ1v) is 9.23. The summed E-state index contributed by atoms with van der Waals surface area (Å²) in [6.07, 6.45) is 0. The van der Waals surface area contributed by atoms with Gasteiger partial charge in [-0.2, -0.15) is 0 Å². The second-order valence-electron chi connectivity index (χ2n) is 2.02. The van der Waals surface area contributed by atoms with Crippen LogP contribution in [-0.2, 0) is 4.52 Å². The Bertz CT molecular complexity index is 230. The van der Waals surface area contributed by atoms with Crippen LogP contribution in [0.25, 0.3) is 0 Å². The minimum atomic E-state index is -1.53. The Labute approximate surface area is 112 Å². The van der Waals surface area contributed by atoms with Crippen LogP contribution in [0.1, 0.15) is 0 Å². The third-order valence-corrected chi connectivity index (χ3v) is 7.25. The predicted molar refractivity (Wildman–Crippen MR) is 51.5 cm³/mol.